The van der Waals surface area contributed by atoms with Gasteiger partial charge in [0.05, 0.1) is 29.8 Å². The fourth-order valence-electron chi connectivity index (χ4n) is 3.56. The van der Waals surface area contributed by atoms with Crippen molar-refractivity contribution in [2.45, 2.75) is 6.42 Å². The molecule has 2 aromatic carbocycles. The van der Waals surface area contributed by atoms with Crippen LogP contribution in [0.2, 0.25) is 5.02 Å². The second-order valence-electron chi connectivity index (χ2n) is 7.46. The topological polar surface area (TPSA) is 53.6 Å². The molecule has 4 rings (SSSR count). The van der Waals surface area contributed by atoms with Crippen molar-refractivity contribution in [1.29, 1.82) is 0 Å². The summed E-state index contributed by atoms with van der Waals surface area (Å²) < 4.78 is 11.2. The van der Waals surface area contributed by atoms with E-state index in [0.717, 1.165) is 67.3 Å². The highest BCUT2D eigenvalue weighted by Gasteiger charge is 2.13. The highest BCUT2D eigenvalue weighted by Crippen LogP contribution is 2.31. The van der Waals surface area contributed by atoms with Gasteiger partial charge < -0.3 is 24.3 Å². The molecule has 1 N–H and O–H groups in total. The van der Waals surface area contributed by atoms with E-state index in [9.17, 15) is 0 Å². The van der Waals surface area contributed by atoms with Crippen LogP contribution in [0.1, 0.15) is 6.42 Å². The number of hydrogen-bond acceptors (Lipinski definition) is 5. The Balaban J connectivity index is 1.35. The summed E-state index contributed by atoms with van der Waals surface area (Å²) in [5, 5.41) is 0.597. The molecule has 7 heteroatoms. The summed E-state index contributed by atoms with van der Waals surface area (Å²) in [6.07, 6.45) is 0.993. The number of likely N-dealkylation sites (N-methyl/N-ethyl adjacent to an activating group) is 1. The average Bonchev–Trinajstić information content (AvgIpc) is 3.16. The number of halogens is 1. The van der Waals surface area contributed by atoms with Crippen LogP contribution in [0.15, 0.2) is 36.4 Å². The lowest BCUT2D eigenvalue weighted by atomic mass is 10.2. The van der Waals surface area contributed by atoms with Crippen LogP contribution in [0.3, 0.4) is 0 Å². The molecule has 1 aromatic heterocycles. The third kappa shape index (κ3) is 4.83. The maximum absolute atomic E-state index is 6.47. The lowest BCUT2D eigenvalue weighted by molar-refractivity contribution is 0.145. The lowest BCUT2D eigenvalue weighted by Crippen LogP contribution is -2.44. The predicted molar refractivity (Wildman–Crippen MR) is 117 cm³/mol. The molecule has 0 amide bonds. The Bertz CT molecular complexity index is 967. The number of nitrogens with one attached hydrogen (secondary N) is 1. The molecule has 1 aliphatic heterocycles. The molecule has 0 spiro atoms. The van der Waals surface area contributed by atoms with Gasteiger partial charge in [0.2, 0.25) is 0 Å². The molecular formula is C22H27ClN4O2. The molecule has 154 valence electrons. The first kappa shape index (κ1) is 20.0. The van der Waals surface area contributed by atoms with Crippen LogP contribution in [0.5, 0.6) is 11.5 Å². The van der Waals surface area contributed by atoms with Gasteiger partial charge in [0, 0.05) is 44.4 Å². The van der Waals surface area contributed by atoms with Gasteiger partial charge in [0.25, 0.3) is 0 Å². The minimum absolute atomic E-state index is 0.597. The fraction of sp³-hybridized carbons (Fsp3) is 0.409. The number of imidazole rings is 1. The molecule has 6 nitrogen and oxygen atoms in total. The zero-order valence-corrected chi connectivity index (χ0v) is 17.7. The summed E-state index contributed by atoms with van der Waals surface area (Å²) in [7, 11) is 3.83. The second-order valence-corrected chi connectivity index (χ2v) is 7.87. The second kappa shape index (κ2) is 9.03. The average molecular weight is 415 g/mol. The molecule has 0 bridgehead atoms. The normalized spacial score (nSPS) is 15.7. The summed E-state index contributed by atoms with van der Waals surface area (Å²) in [5.74, 6) is 2.28. The monoisotopic (exact) mass is 414 g/mol. The van der Waals surface area contributed by atoms with Crippen molar-refractivity contribution < 1.29 is 9.47 Å². The number of fused-ring (bicyclic) bond motifs is 1. The Morgan fingerprint density at radius 3 is 2.69 bits per heavy atom. The number of ether oxygens (including phenoxy) is 2. The molecule has 1 saturated heterocycles. The smallest absolute Gasteiger partial charge is 0.138 e. The highest BCUT2D eigenvalue weighted by molar-refractivity contribution is 6.32. The van der Waals surface area contributed by atoms with Crippen molar-refractivity contribution in [3.63, 3.8) is 0 Å². The van der Waals surface area contributed by atoms with Gasteiger partial charge in [-0.15, -0.1) is 0 Å². The van der Waals surface area contributed by atoms with Crippen molar-refractivity contribution in [2.24, 2.45) is 0 Å². The third-order valence-corrected chi connectivity index (χ3v) is 5.66. The van der Waals surface area contributed by atoms with E-state index in [1.54, 1.807) is 7.11 Å². The summed E-state index contributed by atoms with van der Waals surface area (Å²) in [4.78, 5) is 12.8. The lowest BCUT2D eigenvalue weighted by Gasteiger charge is -2.32. The molecule has 0 atom stereocenters. The van der Waals surface area contributed by atoms with E-state index in [1.807, 2.05) is 36.4 Å². The fourth-order valence-corrected chi connectivity index (χ4v) is 3.79. The Hall–Kier alpha value is -2.28. The van der Waals surface area contributed by atoms with E-state index < -0.39 is 0 Å². The van der Waals surface area contributed by atoms with Crippen LogP contribution in [0.4, 0.5) is 0 Å². The molecular weight excluding hydrogens is 388 g/mol. The van der Waals surface area contributed by atoms with Crippen LogP contribution in [-0.2, 0) is 0 Å². The predicted octanol–water partition coefficient (Wildman–Crippen LogP) is 3.91. The largest absolute Gasteiger partial charge is 0.497 e. The Morgan fingerprint density at radius 2 is 1.93 bits per heavy atom. The van der Waals surface area contributed by atoms with E-state index in [1.165, 1.54) is 0 Å². The Morgan fingerprint density at radius 1 is 1.10 bits per heavy atom. The molecule has 0 aliphatic carbocycles. The quantitative estimate of drug-likeness (QED) is 0.594. The summed E-state index contributed by atoms with van der Waals surface area (Å²) in [6.45, 7) is 6.28. The number of hydrogen-bond donors (Lipinski definition) is 1. The SMILES string of the molecule is COc1ccc2[nH]c(-c3ccc(OCCCN4CCN(C)CC4)c(Cl)c3)nc2c1. The Labute approximate surface area is 176 Å². The molecule has 0 radical (unpaired) electrons. The van der Waals surface area contributed by atoms with Gasteiger partial charge >= 0.3 is 0 Å². The van der Waals surface area contributed by atoms with Crippen molar-refractivity contribution in [1.82, 2.24) is 19.8 Å². The molecule has 1 aliphatic rings. The molecule has 1 fully saturated rings. The summed E-state index contributed by atoms with van der Waals surface area (Å²) >= 11 is 6.47. The minimum Gasteiger partial charge on any atom is -0.497 e. The zero-order chi connectivity index (χ0) is 20.2. The minimum atomic E-state index is 0.597. The number of H-pyrrole nitrogens is 1. The van der Waals surface area contributed by atoms with Gasteiger partial charge in [-0.3, -0.25) is 0 Å². The first-order valence-corrected chi connectivity index (χ1v) is 10.4. The highest BCUT2D eigenvalue weighted by atomic mass is 35.5. The van der Waals surface area contributed by atoms with Gasteiger partial charge in [-0.05, 0) is 43.8 Å². The molecule has 3 aromatic rings. The van der Waals surface area contributed by atoms with Crippen LogP contribution < -0.4 is 9.47 Å². The number of aromatic amines is 1. The van der Waals surface area contributed by atoms with E-state index >= 15 is 0 Å². The van der Waals surface area contributed by atoms with E-state index in [4.69, 9.17) is 21.1 Å². The maximum atomic E-state index is 6.47. The third-order valence-electron chi connectivity index (χ3n) is 5.37. The number of piperazine rings is 1. The maximum Gasteiger partial charge on any atom is 0.138 e. The number of methoxy groups -OCH3 is 1. The van der Waals surface area contributed by atoms with Crippen LogP contribution in [-0.4, -0.2) is 73.3 Å². The summed E-state index contributed by atoms with van der Waals surface area (Å²) in [5.41, 5.74) is 2.75. The van der Waals surface area contributed by atoms with E-state index in [2.05, 4.69) is 26.8 Å². The van der Waals surface area contributed by atoms with Crippen LogP contribution in [0.25, 0.3) is 22.4 Å². The van der Waals surface area contributed by atoms with Crippen molar-refractivity contribution in [2.75, 3.05) is 53.5 Å². The number of rotatable bonds is 7. The zero-order valence-electron chi connectivity index (χ0n) is 16.9. The molecule has 0 saturated carbocycles. The number of nitrogens with zero attached hydrogens (tertiary/aromatic N) is 3. The van der Waals surface area contributed by atoms with Crippen LogP contribution in [0, 0.1) is 0 Å². The standard InChI is InChI=1S/C22H27ClN4O2/c1-26-9-11-27(12-10-26)8-3-13-29-21-7-4-16(14-18(21)23)22-24-19-6-5-17(28-2)15-20(19)25-22/h4-7,14-15H,3,8-13H2,1-2H3,(H,24,25). The summed E-state index contributed by atoms with van der Waals surface area (Å²) in [6, 6.07) is 11.6. The Kier molecular flexibility index (Phi) is 6.23. The van der Waals surface area contributed by atoms with Crippen molar-refractivity contribution in [3.05, 3.63) is 41.4 Å². The molecule has 0 unspecified atom stereocenters. The van der Waals surface area contributed by atoms with Crippen molar-refractivity contribution >= 4 is 22.6 Å². The van der Waals surface area contributed by atoms with Gasteiger partial charge in [-0.2, -0.15) is 0 Å². The van der Waals surface area contributed by atoms with Gasteiger partial charge in [-0.25, -0.2) is 4.98 Å². The number of aromatic nitrogens is 2. The van der Waals surface area contributed by atoms with Crippen LogP contribution >= 0.6 is 11.6 Å². The first-order valence-electron chi connectivity index (χ1n) is 10.00. The molecule has 29 heavy (non-hydrogen) atoms. The number of benzene rings is 2. The van der Waals surface area contributed by atoms with E-state index in [0.29, 0.717) is 17.4 Å². The van der Waals surface area contributed by atoms with Gasteiger partial charge in [-0.1, -0.05) is 11.6 Å². The first-order chi connectivity index (χ1) is 14.1. The van der Waals surface area contributed by atoms with Gasteiger partial charge in [0.1, 0.15) is 17.3 Å². The molecule has 2 heterocycles. The van der Waals surface area contributed by atoms with Gasteiger partial charge in [0.15, 0.2) is 0 Å². The van der Waals surface area contributed by atoms with E-state index in [-0.39, 0.29) is 0 Å². The van der Waals surface area contributed by atoms with Crippen molar-refractivity contribution in [3.8, 4) is 22.9 Å².